The Hall–Kier alpha value is -2.49. The number of halogens is 1. The number of benzene rings is 2. The van der Waals surface area contributed by atoms with Gasteiger partial charge in [0, 0.05) is 19.6 Å². The highest BCUT2D eigenvalue weighted by atomic mass is 32.2. The molecule has 0 spiro atoms. The van der Waals surface area contributed by atoms with Crippen LogP contribution in [0.4, 0.5) is 4.39 Å². The third kappa shape index (κ3) is 5.59. The number of ether oxygens (including phenoxy) is 1. The summed E-state index contributed by atoms with van der Waals surface area (Å²) in [7, 11) is -2.14. The molecule has 0 radical (unpaired) electrons. The molecule has 0 bridgehead atoms. The average molecular weight is 490 g/mol. The largest absolute Gasteiger partial charge is 0.497 e. The van der Waals surface area contributed by atoms with Crippen LogP contribution in [0.15, 0.2) is 53.4 Å². The van der Waals surface area contributed by atoms with E-state index in [1.165, 1.54) is 16.4 Å². The van der Waals surface area contributed by atoms with Gasteiger partial charge in [-0.25, -0.2) is 12.8 Å². The summed E-state index contributed by atoms with van der Waals surface area (Å²) in [5.74, 6) is -0.243. The Morgan fingerprint density at radius 2 is 1.74 bits per heavy atom. The van der Waals surface area contributed by atoms with Crippen molar-refractivity contribution in [2.45, 2.75) is 36.6 Å². The first-order valence-corrected chi connectivity index (χ1v) is 13.2. The average Bonchev–Trinajstić information content (AvgIpc) is 3.39. The van der Waals surface area contributed by atoms with E-state index in [0.717, 1.165) is 49.4 Å². The van der Waals surface area contributed by atoms with Crippen molar-refractivity contribution in [3.63, 3.8) is 0 Å². The molecule has 4 rings (SSSR count). The first-order chi connectivity index (χ1) is 16.4. The number of sulfonamides is 1. The lowest BCUT2D eigenvalue weighted by atomic mass is 9.98. The van der Waals surface area contributed by atoms with Crippen molar-refractivity contribution in [3.8, 4) is 5.75 Å². The molecule has 2 aliphatic heterocycles. The maximum atomic E-state index is 13.2. The minimum atomic E-state index is -3.77. The predicted octanol–water partition coefficient (Wildman–Crippen LogP) is 3.19. The fourth-order valence-corrected chi connectivity index (χ4v) is 6.33. The Bertz CT molecular complexity index is 1070. The summed E-state index contributed by atoms with van der Waals surface area (Å²) >= 11 is 0. The minimum Gasteiger partial charge on any atom is -0.497 e. The number of carbonyl (C=O) groups excluding carboxylic acids is 1. The van der Waals surface area contributed by atoms with Crippen LogP contribution in [0.25, 0.3) is 0 Å². The summed E-state index contributed by atoms with van der Waals surface area (Å²) in [6, 6.07) is 12.8. The Morgan fingerprint density at radius 1 is 1.06 bits per heavy atom. The number of hydrogen-bond donors (Lipinski definition) is 1. The van der Waals surface area contributed by atoms with E-state index in [1.54, 1.807) is 7.11 Å². The number of hydrogen-bond acceptors (Lipinski definition) is 5. The second-order valence-electron chi connectivity index (χ2n) is 8.93. The molecule has 2 atom stereocenters. The summed E-state index contributed by atoms with van der Waals surface area (Å²) < 4.78 is 45.8. The molecule has 1 amide bonds. The van der Waals surface area contributed by atoms with Gasteiger partial charge in [-0.3, -0.25) is 9.69 Å². The molecule has 2 aliphatic rings. The van der Waals surface area contributed by atoms with Crippen molar-refractivity contribution in [2.24, 2.45) is 5.92 Å². The standard InChI is InChI=1S/C25H32FN3O4S/c1-33-22-10-6-19(7-11-22)24(28-14-2-3-15-28)17-27-25(30)20-5-4-16-29(18-20)34(31,32)23-12-8-21(26)9-13-23/h6-13,20,24H,2-5,14-18H2,1H3,(H,27,30). The number of carbonyl (C=O) groups is 1. The Morgan fingerprint density at radius 3 is 2.38 bits per heavy atom. The quantitative estimate of drug-likeness (QED) is 0.616. The third-order valence-electron chi connectivity index (χ3n) is 6.76. The van der Waals surface area contributed by atoms with E-state index in [9.17, 15) is 17.6 Å². The lowest BCUT2D eigenvalue weighted by Crippen LogP contribution is -2.46. The van der Waals surface area contributed by atoms with E-state index in [1.807, 2.05) is 24.3 Å². The molecular weight excluding hydrogens is 457 g/mol. The van der Waals surface area contributed by atoms with Crippen LogP contribution in [0.5, 0.6) is 5.75 Å². The first-order valence-electron chi connectivity index (χ1n) is 11.8. The van der Waals surface area contributed by atoms with Crippen molar-refractivity contribution < 1.29 is 22.3 Å². The van der Waals surface area contributed by atoms with Crippen molar-refractivity contribution in [3.05, 3.63) is 59.9 Å². The number of piperidine rings is 1. The van der Waals surface area contributed by atoms with Crippen molar-refractivity contribution in [1.29, 1.82) is 0 Å². The lowest BCUT2D eigenvalue weighted by Gasteiger charge is -2.32. The normalized spacial score (nSPS) is 20.7. The highest BCUT2D eigenvalue weighted by molar-refractivity contribution is 7.89. The zero-order valence-electron chi connectivity index (χ0n) is 19.5. The number of nitrogens with one attached hydrogen (secondary N) is 1. The van der Waals surface area contributed by atoms with Gasteiger partial charge in [-0.15, -0.1) is 0 Å². The Kier molecular flexibility index (Phi) is 7.85. The smallest absolute Gasteiger partial charge is 0.243 e. The van der Waals surface area contributed by atoms with Crippen LogP contribution >= 0.6 is 0 Å². The maximum absolute atomic E-state index is 13.2. The SMILES string of the molecule is COc1ccc(C(CNC(=O)C2CCCN(S(=O)(=O)c3ccc(F)cc3)C2)N2CCCC2)cc1. The topological polar surface area (TPSA) is 79.0 Å². The van der Waals surface area contributed by atoms with Crippen molar-refractivity contribution >= 4 is 15.9 Å². The van der Waals surface area contributed by atoms with Gasteiger partial charge in [0.25, 0.3) is 0 Å². The summed E-state index contributed by atoms with van der Waals surface area (Å²) in [6.45, 7) is 2.92. The number of likely N-dealkylation sites (tertiary alicyclic amines) is 1. The highest BCUT2D eigenvalue weighted by Gasteiger charge is 2.34. The predicted molar refractivity (Wildman–Crippen MR) is 127 cm³/mol. The van der Waals surface area contributed by atoms with Gasteiger partial charge in [0.15, 0.2) is 0 Å². The van der Waals surface area contributed by atoms with Gasteiger partial charge in [0.05, 0.1) is 24.0 Å². The zero-order chi connectivity index (χ0) is 24.1. The molecule has 2 aromatic rings. The molecule has 0 saturated carbocycles. The monoisotopic (exact) mass is 489 g/mol. The van der Waals surface area contributed by atoms with E-state index in [0.29, 0.717) is 25.9 Å². The molecule has 184 valence electrons. The highest BCUT2D eigenvalue weighted by Crippen LogP contribution is 2.27. The first kappa shape index (κ1) is 24.6. The van der Waals surface area contributed by atoms with Gasteiger partial charge in [-0.1, -0.05) is 12.1 Å². The van der Waals surface area contributed by atoms with E-state index >= 15 is 0 Å². The summed E-state index contributed by atoms with van der Waals surface area (Å²) in [5, 5.41) is 3.09. The zero-order valence-corrected chi connectivity index (χ0v) is 20.3. The molecular formula is C25H32FN3O4S. The van der Waals surface area contributed by atoms with Gasteiger partial charge in [-0.05, 0) is 80.7 Å². The maximum Gasteiger partial charge on any atom is 0.243 e. The number of amides is 1. The Balaban J connectivity index is 1.41. The van der Waals surface area contributed by atoms with Gasteiger partial charge < -0.3 is 10.1 Å². The Labute approximate surface area is 200 Å². The van der Waals surface area contributed by atoms with E-state index in [-0.39, 0.29) is 23.4 Å². The molecule has 9 heteroatoms. The van der Waals surface area contributed by atoms with Crippen LogP contribution in [-0.4, -0.2) is 63.4 Å². The molecule has 1 N–H and O–H groups in total. The second kappa shape index (κ2) is 10.8. The van der Waals surface area contributed by atoms with Crippen LogP contribution in [0.2, 0.25) is 0 Å². The lowest BCUT2D eigenvalue weighted by molar-refractivity contribution is -0.126. The van der Waals surface area contributed by atoms with E-state index in [2.05, 4.69) is 10.2 Å². The fourth-order valence-electron chi connectivity index (χ4n) is 4.81. The molecule has 2 aromatic carbocycles. The van der Waals surface area contributed by atoms with Gasteiger partial charge >= 0.3 is 0 Å². The minimum absolute atomic E-state index is 0.0450. The van der Waals surface area contributed by atoms with Crippen LogP contribution in [0, 0.1) is 11.7 Å². The molecule has 0 aromatic heterocycles. The van der Waals surface area contributed by atoms with E-state index in [4.69, 9.17) is 4.74 Å². The van der Waals surface area contributed by atoms with Gasteiger partial charge in [0.2, 0.25) is 15.9 Å². The van der Waals surface area contributed by atoms with Crippen molar-refractivity contribution in [1.82, 2.24) is 14.5 Å². The van der Waals surface area contributed by atoms with Crippen molar-refractivity contribution in [2.75, 3.05) is 39.8 Å². The number of rotatable bonds is 8. The molecule has 34 heavy (non-hydrogen) atoms. The summed E-state index contributed by atoms with van der Waals surface area (Å²) in [5.41, 5.74) is 1.12. The van der Waals surface area contributed by atoms with E-state index < -0.39 is 21.8 Å². The van der Waals surface area contributed by atoms with Crippen LogP contribution in [-0.2, 0) is 14.8 Å². The second-order valence-corrected chi connectivity index (χ2v) is 10.9. The fraction of sp³-hybridized carbons (Fsp3) is 0.480. The summed E-state index contributed by atoms with van der Waals surface area (Å²) in [6.07, 6.45) is 3.52. The third-order valence-corrected chi connectivity index (χ3v) is 8.64. The molecule has 2 fully saturated rings. The summed E-state index contributed by atoms with van der Waals surface area (Å²) in [4.78, 5) is 15.5. The van der Waals surface area contributed by atoms with Crippen LogP contribution < -0.4 is 10.1 Å². The molecule has 2 saturated heterocycles. The van der Waals surface area contributed by atoms with Gasteiger partial charge in [-0.2, -0.15) is 4.31 Å². The molecule has 2 heterocycles. The molecule has 7 nitrogen and oxygen atoms in total. The van der Waals surface area contributed by atoms with Crippen LogP contribution in [0.1, 0.15) is 37.3 Å². The molecule has 2 unspecified atom stereocenters. The van der Waals surface area contributed by atoms with Crippen LogP contribution in [0.3, 0.4) is 0 Å². The molecule has 0 aliphatic carbocycles. The number of methoxy groups -OCH3 is 1. The number of nitrogens with zero attached hydrogens (tertiary/aromatic N) is 2. The van der Waals surface area contributed by atoms with Gasteiger partial charge in [0.1, 0.15) is 11.6 Å².